The van der Waals surface area contributed by atoms with Gasteiger partial charge in [0.2, 0.25) is 0 Å². The molecule has 0 aromatic carbocycles. The van der Waals surface area contributed by atoms with Crippen molar-refractivity contribution in [1.82, 2.24) is 0 Å². The molecule has 108 valence electrons. The molecule has 0 rings (SSSR count). The summed E-state index contributed by atoms with van der Waals surface area (Å²) in [5.74, 6) is 0. The van der Waals surface area contributed by atoms with Gasteiger partial charge in [-0.15, -0.1) is 0 Å². The van der Waals surface area contributed by atoms with E-state index in [0.29, 0.717) is 0 Å². The van der Waals surface area contributed by atoms with Gasteiger partial charge in [0.05, 0.1) is 0 Å². The van der Waals surface area contributed by atoms with Crippen molar-refractivity contribution < 1.29 is 3.76 Å². The molecule has 0 aliphatic carbocycles. The zero-order valence-corrected chi connectivity index (χ0v) is 15.3. The van der Waals surface area contributed by atoms with Crippen LogP contribution in [0.1, 0.15) is 66.2 Å². The minimum atomic E-state index is -2.04. The third-order valence-electron chi connectivity index (χ3n) is 3.58. The van der Waals surface area contributed by atoms with Gasteiger partial charge in [0.25, 0.3) is 0 Å². The summed E-state index contributed by atoms with van der Waals surface area (Å²) in [6.07, 6.45) is 8.02. The third-order valence-corrected chi connectivity index (χ3v) is 13.1. The van der Waals surface area contributed by atoms with E-state index in [9.17, 15) is 0 Å². The summed E-state index contributed by atoms with van der Waals surface area (Å²) in [6, 6.07) is 0. The summed E-state index contributed by atoms with van der Waals surface area (Å²) in [5, 5.41) is 4.22. The quantitative estimate of drug-likeness (QED) is 0.320. The van der Waals surface area contributed by atoms with Crippen LogP contribution in [0.5, 0.6) is 0 Å². The monoisotopic (exact) mass is 316 g/mol. The van der Waals surface area contributed by atoms with Gasteiger partial charge >= 0.3 is 118 Å². The van der Waals surface area contributed by atoms with Crippen molar-refractivity contribution in [2.45, 2.75) is 82.0 Å². The van der Waals surface area contributed by atoms with Gasteiger partial charge in [0.15, 0.2) is 0 Å². The van der Waals surface area contributed by atoms with Crippen LogP contribution < -0.4 is 0 Å². The summed E-state index contributed by atoms with van der Waals surface area (Å²) in [7, 11) is 0. The zero-order chi connectivity index (χ0) is 13.9. The molecule has 0 aliphatic heterocycles. The normalized spacial score (nSPS) is 11.8. The Kier molecular flexibility index (Phi) is 11.3. The third kappa shape index (κ3) is 8.36. The van der Waals surface area contributed by atoms with Crippen molar-refractivity contribution in [1.29, 1.82) is 0 Å². The van der Waals surface area contributed by atoms with Crippen LogP contribution in [-0.4, -0.2) is 20.2 Å². The van der Waals surface area contributed by atoms with Gasteiger partial charge in [0.1, 0.15) is 0 Å². The molecular formula is C16H34GeO. The second-order valence-corrected chi connectivity index (χ2v) is 14.5. The van der Waals surface area contributed by atoms with Crippen LogP contribution in [0.25, 0.3) is 0 Å². The van der Waals surface area contributed by atoms with Crippen LogP contribution in [0.2, 0.25) is 15.8 Å². The Labute approximate surface area is 118 Å². The van der Waals surface area contributed by atoms with Gasteiger partial charge in [0, 0.05) is 0 Å². The molecule has 1 nitrogen and oxygen atoms in total. The van der Waals surface area contributed by atoms with Crippen molar-refractivity contribution >= 4 is 13.6 Å². The van der Waals surface area contributed by atoms with E-state index in [4.69, 9.17) is 3.76 Å². The molecule has 0 aliphatic rings. The van der Waals surface area contributed by atoms with E-state index >= 15 is 0 Å². The summed E-state index contributed by atoms with van der Waals surface area (Å²) >= 11 is -2.04. The van der Waals surface area contributed by atoms with Crippen LogP contribution in [0.3, 0.4) is 0 Å². The number of hydrogen-bond donors (Lipinski definition) is 0. The maximum absolute atomic E-state index is 6.49. The zero-order valence-electron chi connectivity index (χ0n) is 13.2. The van der Waals surface area contributed by atoms with Crippen LogP contribution in [0.4, 0.5) is 0 Å². The van der Waals surface area contributed by atoms with E-state index in [-0.39, 0.29) is 0 Å². The predicted molar refractivity (Wildman–Crippen MR) is 85.7 cm³/mol. The minimum absolute atomic E-state index is 0.817. The maximum atomic E-state index is 6.49. The van der Waals surface area contributed by atoms with Gasteiger partial charge in [-0.25, -0.2) is 0 Å². The van der Waals surface area contributed by atoms with Crippen molar-refractivity contribution in [3.05, 3.63) is 12.2 Å². The molecule has 0 unspecified atom stereocenters. The molecule has 0 aromatic rings. The van der Waals surface area contributed by atoms with E-state index in [2.05, 4.69) is 34.3 Å². The molecule has 0 spiro atoms. The molecule has 0 fully saturated rings. The molecule has 0 aromatic heterocycles. The molecule has 0 N–H and O–H groups in total. The molecule has 0 saturated carbocycles. The molecule has 0 atom stereocenters. The summed E-state index contributed by atoms with van der Waals surface area (Å²) in [6.45, 7) is 13.8. The van der Waals surface area contributed by atoms with Crippen LogP contribution in [0.15, 0.2) is 12.2 Å². The average molecular weight is 315 g/mol. The van der Waals surface area contributed by atoms with Gasteiger partial charge in [-0.3, -0.25) is 0 Å². The number of rotatable bonds is 12. The molecule has 0 bridgehead atoms. The molecule has 0 saturated heterocycles. The van der Waals surface area contributed by atoms with Gasteiger partial charge in [-0.1, -0.05) is 0 Å². The fourth-order valence-electron chi connectivity index (χ4n) is 2.36. The molecule has 0 amide bonds. The topological polar surface area (TPSA) is 9.23 Å². The van der Waals surface area contributed by atoms with Gasteiger partial charge in [-0.2, -0.15) is 0 Å². The molecule has 2 heteroatoms. The Balaban J connectivity index is 4.55. The van der Waals surface area contributed by atoms with Crippen LogP contribution in [0, 0.1) is 0 Å². The van der Waals surface area contributed by atoms with E-state index < -0.39 is 13.6 Å². The standard InChI is InChI=1S/C16H34GeO/c1-6-9-12-17(13-10-7-2,14-11-8-3)18-15-16(4)5/h4,6-15H2,1-3,5H3. The Morgan fingerprint density at radius 1 is 0.889 bits per heavy atom. The van der Waals surface area contributed by atoms with E-state index in [1.165, 1.54) is 59.9 Å². The number of unbranched alkanes of at least 4 members (excludes halogenated alkanes) is 3. The SMILES string of the molecule is C=C(C)C[O][Ge]([CH2]CCC)([CH2]CCC)[CH2]CCC. The van der Waals surface area contributed by atoms with Gasteiger partial charge in [-0.05, 0) is 0 Å². The molecule has 0 heterocycles. The Hall–Kier alpha value is 0.243. The van der Waals surface area contributed by atoms with E-state index in [1.54, 1.807) is 0 Å². The second kappa shape index (κ2) is 11.1. The second-order valence-electron chi connectivity index (χ2n) is 5.74. The van der Waals surface area contributed by atoms with Gasteiger partial charge < -0.3 is 0 Å². The summed E-state index contributed by atoms with van der Waals surface area (Å²) in [5.41, 5.74) is 1.19. The molecule has 0 radical (unpaired) electrons. The number of hydrogen-bond acceptors (Lipinski definition) is 1. The van der Waals surface area contributed by atoms with Crippen molar-refractivity contribution in [3.63, 3.8) is 0 Å². The molecular weight excluding hydrogens is 281 g/mol. The fourth-order valence-corrected chi connectivity index (χ4v) is 12.3. The summed E-state index contributed by atoms with van der Waals surface area (Å²) in [4.78, 5) is 0. The Morgan fingerprint density at radius 3 is 1.56 bits per heavy atom. The van der Waals surface area contributed by atoms with E-state index in [0.717, 1.165) is 6.61 Å². The Bertz CT molecular complexity index is 191. The van der Waals surface area contributed by atoms with Crippen LogP contribution in [-0.2, 0) is 3.76 Å². The van der Waals surface area contributed by atoms with Crippen LogP contribution >= 0.6 is 0 Å². The summed E-state index contributed by atoms with van der Waals surface area (Å²) < 4.78 is 6.49. The van der Waals surface area contributed by atoms with E-state index in [1.807, 2.05) is 0 Å². The Morgan fingerprint density at radius 2 is 1.28 bits per heavy atom. The molecule has 18 heavy (non-hydrogen) atoms. The van der Waals surface area contributed by atoms with Crippen molar-refractivity contribution in [2.24, 2.45) is 0 Å². The van der Waals surface area contributed by atoms with Crippen molar-refractivity contribution in [2.75, 3.05) is 6.61 Å². The first kappa shape index (κ1) is 18.2. The van der Waals surface area contributed by atoms with Crippen molar-refractivity contribution in [3.8, 4) is 0 Å². The average Bonchev–Trinajstić information content (AvgIpc) is 2.37. The first-order valence-corrected chi connectivity index (χ1v) is 13.2. The fraction of sp³-hybridized carbons (Fsp3) is 0.875. The first-order chi connectivity index (χ1) is 8.60. The first-order valence-electron chi connectivity index (χ1n) is 7.88. The predicted octanol–water partition coefficient (Wildman–Crippen LogP) is 5.92.